The van der Waals surface area contributed by atoms with Crippen molar-refractivity contribution in [1.82, 2.24) is 0 Å². The molecule has 4 aromatic rings. The number of carbonyl (C=O) groups is 1. The first-order valence-corrected chi connectivity index (χ1v) is 13.0. The Balaban J connectivity index is 0.00000400. The molecule has 5 nitrogen and oxygen atoms in total. The highest BCUT2D eigenvalue weighted by Gasteiger charge is 2.14. The second-order valence-electron chi connectivity index (χ2n) is 8.70. The Labute approximate surface area is 234 Å². The highest BCUT2D eigenvalue weighted by molar-refractivity contribution is 7.59. The van der Waals surface area contributed by atoms with Gasteiger partial charge in [-0.2, -0.15) is 13.5 Å². The monoisotopic (exact) mass is 548 g/mol. The van der Waals surface area contributed by atoms with E-state index in [9.17, 15) is 4.79 Å². The molecule has 1 atom stereocenters. The molecule has 1 heterocycles. The molecule has 198 valence electrons. The Morgan fingerprint density at radius 2 is 1.71 bits per heavy atom. The largest absolute Gasteiger partial charge is 0.491 e. The molecule has 0 aliphatic carbocycles. The standard InChI is InChI=1S/C31H30O5S.H2S/c1-4-5-24(17-31(32)33)23-8-6-22(7-9-23)19-36-26-11-13-30-28(18-26)29(20-37-30)27-12-10-25(16-21(27)2)35-15-14-34-3;/h6-13,16,18,20,24H,14-15,17,19H2,1-3H3,(H,32,33);1H2/t24-;/m0./s1. The summed E-state index contributed by atoms with van der Waals surface area (Å²) in [4.78, 5) is 11.2. The van der Waals surface area contributed by atoms with Crippen molar-refractivity contribution in [1.29, 1.82) is 0 Å². The molecule has 7 heteroatoms. The van der Waals surface area contributed by atoms with E-state index in [2.05, 4.69) is 48.4 Å². The molecule has 38 heavy (non-hydrogen) atoms. The van der Waals surface area contributed by atoms with Gasteiger partial charge in [-0.05, 0) is 71.8 Å². The Morgan fingerprint density at radius 3 is 2.39 bits per heavy atom. The molecule has 0 saturated carbocycles. The molecule has 0 radical (unpaired) electrons. The third kappa shape index (κ3) is 7.32. The predicted molar refractivity (Wildman–Crippen MR) is 159 cm³/mol. The molecule has 0 amide bonds. The van der Waals surface area contributed by atoms with E-state index in [4.69, 9.17) is 19.3 Å². The molecule has 0 fully saturated rings. The third-order valence-electron chi connectivity index (χ3n) is 6.07. The number of methoxy groups -OCH3 is 1. The number of thiophene rings is 1. The van der Waals surface area contributed by atoms with E-state index in [1.165, 1.54) is 15.8 Å². The summed E-state index contributed by atoms with van der Waals surface area (Å²) in [6, 6.07) is 20.2. The Kier molecular flexibility index (Phi) is 10.7. The van der Waals surface area contributed by atoms with E-state index in [0.29, 0.717) is 19.8 Å². The van der Waals surface area contributed by atoms with Crippen LogP contribution in [0, 0.1) is 18.8 Å². The fourth-order valence-corrected chi connectivity index (χ4v) is 5.13. The van der Waals surface area contributed by atoms with E-state index in [1.807, 2.05) is 36.4 Å². The second-order valence-corrected chi connectivity index (χ2v) is 9.61. The molecule has 0 aliphatic heterocycles. The highest BCUT2D eigenvalue weighted by Crippen LogP contribution is 2.38. The highest BCUT2D eigenvalue weighted by atomic mass is 32.1. The summed E-state index contributed by atoms with van der Waals surface area (Å²) in [5, 5.41) is 12.5. The Hall–Kier alpha value is -3.44. The lowest BCUT2D eigenvalue weighted by Crippen LogP contribution is -2.05. The van der Waals surface area contributed by atoms with Crippen LogP contribution in [0.25, 0.3) is 21.2 Å². The summed E-state index contributed by atoms with van der Waals surface area (Å²) in [6.45, 7) is 5.32. The van der Waals surface area contributed by atoms with E-state index < -0.39 is 5.97 Å². The number of benzene rings is 3. The van der Waals surface area contributed by atoms with Crippen LogP contribution >= 0.6 is 24.8 Å². The van der Waals surface area contributed by atoms with Crippen molar-refractivity contribution in [3.63, 3.8) is 0 Å². The van der Waals surface area contributed by atoms with Gasteiger partial charge in [0.2, 0.25) is 0 Å². The van der Waals surface area contributed by atoms with Crippen LogP contribution in [0.15, 0.2) is 66.0 Å². The summed E-state index contributed by atoms with van der Waals surface area (Å²) in [7, 11) is 1.66. The molecule has 0 bridgehead atoms. The van der Waals surface area contributed by atoms with Crippen molar-refractivity contribution in [3.05, 3.63) is 82.7 Å². The molecule has 3 aromatic carbocycles. The maximum atomic E-state index is 11.2. The van der Waals surface area contributed by atoms with Crippen molar-refractivity contribution < 1.29 is 24.1 Å². The number of carboxylic acid groups (broad SMARTS) is 1. The lowest BCUT2D eigenvalue weighted by Gasteiger charge is -2.12. The van der Waals surface area contributed by atoms with E-state index in [0.717, 1.165) is 33.6 Å². The summed E-state index contributed by atoms with van der Waals surface area (Å²) in [6.07, 6.45) is -0.0112. The Bertz CT molecular complexity index is 1430. The maximum Gasteiger partial charge on any atom is 0.304 e. The normalized spacial score (nSPS) is 11.2. The van der Waals surface area contributed by atoms with E-state index in [-0.39, 0.29) is 25.8 Å². The van der Waals surface area contributed by atoms with Gasteiger partial charge in [0.25, 0.3) is 0 Å². The van der Waals surface area contributed by atoms with E-state index >= 15 is 0 Å². The molecule has 4 rings (SSSR count). The van der Waals surface area contributed by atoms with Crippen molar-refractivity contribution >= 4 is 40.9 Å². The zero-order chi connectivity index (χ0) is 26.2. The van der Waals surface area contributed by atoms with Crippen LogP contribution in [-0.2, 0) is 16.1 Å². The van der Waals surface area contributed by atoms with Gasteiger partial charge in [0.1, 0.15) is 24.7 Å². The summed E-state index contributed by atoms with van der Waals surface area (Å²) >= 11 is 1.72. The fraction of sp³-hybridized carbons (Fsp3) is 0.258. The molecular formula is C31H32O5S2. The fourth-order valence-electron chi connectivity index (χ4n) is 4.19. The van der Waals surface area contributed by atoms with Gasteiger partial charge in [-0.1, -0.05) is 36.3 Å². The Morgan fingerprint density at radius 1 is 0.974 bits per heavy atom. The van der Waals surface area contributed by atoms with Crippen molar-refractivity contribution in [3.8, 4) is 34.5 Å². The van der Waals surface area contributed by atoms with Gasteiger partial charge in [0.05, 0.1) is 18.9 Å². The summed E-state index contributed by atoms with van der Waals surface area (Å²) in [5.41, 5.74) is 5.40. The topological polar surface area (TPSA) is 65.0 Å². The van der Waals surface area contributed by atoms with Gasteiger partial charge in [-0.3, -0.25) is 4.79 Å². The van der Waals surface area contributed by atoms with Crippen LogP contribution in [0.3, 0.4) is 0 Å². The van der Waals surface area contributed by atoms with Crippen molar-refractivity contribution in [2.24, 2.45) is 0 Å². The van der Waals surface area contributed by atoms with Gasteiger partial charge in [-0.25, -0.2) is 0 Å². The van der Waals surface area contributed by atoms with Gasteiger partial charge >= 0.3 is 5.97 Å². The first kappa shape index (κ1) is 29.1. The SMILES string of the molecule is CC#C[C@@H](CC(=O)O)c1ccc(COc2ccc3scc(-c4ccc(OCCOC)cc4C)c3c2)cc1.S. The third-order valence-corrected chi connectivity index (χ3v) is 7.04. The first-order chi connectivity index (χ1) is 18.0. The molecule has 0 spiro atoms. The minimum atomic E-state index is -0.857. The molecule has 0 saturated heterocycles. The smallest absolute Gasteiger partial charge is 0.304 e. The van der Waals surface area contributed by atoms with Crippen LogP contribution in [0.5, 0.6) is 11.5 Å². The van der Waals surface area contributed by atoms with Gasteiger partial charge in [0.15, 0.2) is 0 Å². The first-order valence-electron chi connectivity index (χ1n) is 12.1. The van der Waals surface area contributed by atoms with Crippen molar-refractivity contribution in [2.45, 2.75) is 32.8 Å². The quantitative estimate of drug-likeness (QED) is 0.159. The number of aliphatic carboxylic acids is 1. The van der Waals surface area contributed by atoms with Crippen LogP contribution < -0.4 is 9.47 Å². The number of fused-ring (bicyclic) bond motifs is 1. The summed E-state index contributed by atoms with van der Waals surface area (Å²) in [5.74, 6) is 6.28. The number of hydrogen-bond acceptors (Lipinski definition) is 5. The number of carboxylic acids is 1. The molecule has 0 unspecified atom stereocenters. The number of ether oxygens (including phenoxy) is 3. The van der Waals surface area contributed by atoms with Gasteiger partial charge < -0.3 is 19.3 Å². The summed E-state index contributed by atoms with van der Waals surface area (Å²) < 4.78 is 18.1. The van der Waals surface area contributed by atoms with E-state index in [1.54, 1.807) is 25.4 Å². The molecule has 0 aliphatic rings. The second kappa shape index (κ2) is 13.9. The van der Waals surface area contributed by atoms with Crippen LogP contribution in [0.4, 0.5) is 0 Å². The maximum absolute atomic E-state index is 11.2. The van der Waals surface area contributed by atoms with Gasteiger partial charge in [0, 0.05) is 22.8 Å². The average molecular weight is 549 g/mol. The zero-order valence-electron chi connectivity index (χ0n) is 21.7. The van der Waals surface area contributed by atoms with Crippen LogP contribution in [0.1, 0.15) is 36.0 Å². The number of hydrogen-bond donors (Lipinski definition) is 1. The zero-order valence-corrected chi connectivity index (χ0v) is 23.6. The van der Waals surface area contributed by atoms with Gasteiger partial charge in [-0.15, -0.1) is 17.3 Å². The minimum Gasteiger partial charge on any atom is -0.491 e. The number of aryl methyl sites for hydroxylation is 1. The molecule has 1 aromatic heterocycles. The average Bonchev–Trinajstić information content (AvgIpc) is 3.30. The van der Waals surface area contributed by atoms with Crippen LogP contribution in [0.2, 0.25) is 0 Å². The van der Waals surface area contributed by atoms with Crippen LogP contribution in [-0.4, -0.2) is 31.4 Å². The predicted octanol–water partition coefficient (Wildman–Crippen LogP) is 7.18. The van der Waals surface area contributed by atoms with Crippen molar-refractivity contribution in [2.75, 3.05) is 20.3 Å². The lowest BCUT2D eigenvalue weighted by molar-refractivity contribution is -0.137. The molecule has 1 N–H and O–H groups in total. The molecular weight excluding hydrogens is 516 g/mol. The number of rotatable bonds is 11. The lowest BCUT2D eigenvalue weighted by atomic mass is 9.95. The minimum absolute atomic E-state index is 0.